The summed E-state index contributed by atoms with van der Waals surface area (Å²) in [5.41, 5.74) is 1.46. The van der Waals surface area contributed by atoms with Crippen molar-refractivity contribution in [1.29, 1.82) is 0 Å². The van der Waals surface area contributed by atoms with E-state index >= 15 is 0 Å². The van der Waals surface area contributed by atoms with Gasteiger partial charge in [0, 0.05) is 0 Å². The lowest BCUT2D eigenvalue weighted by atomic mass is 9.86. The predicted molar refractivity (Wildman–Crippen MR) is 86.4 cm³/mol. The molecule has 1 saturated carbocycles. The molecule has 0 atom stereocenters. The van der Waals surface area contributed by atoms with E-state index in [2.05, 4.69) is 45.0 Å². The Labute approximate surface area is 124 Å². The van der Waals surface area contributed by atoms with Crippen LogP contribution in [0.5, 0.6) is 5.75 Å². The third-order valence-electron chi connectivity index (χ3n) is 5.01. The van der Waals surface area contributed by atoms with Crippen LogP contribution < -0.4 is 4.74 Å². The molecule has 1 aromatic carbocycles. The molecule has 1 fully saturated rings. The monoisotopic (exact) mass is 274 g/mol. The van der Waals surface area contributed by atoms with Crippen molar-refractivity contribution in [2.45, 2.75) is 77.7 Å². The Hall–Kier alpha value is -0.980. The van der Waals surface area contributed by atoms with E-state index in [0.717, 1.165) is 11.7 Å². The molecule has 20 heavy (non-hydrogen) atoms. The first kappa shape index (κ1) is 15.4. The van der Waals surface area contributed by atoms with Crippen LogP contribution in [0, 0.1) is 5.92 Å². The average molecular weight is 274 g/mol. The third kappa shape index (κ3) is 4.01. The zero-order valence-electron chi connectivity index (χ0n) is 13.4. The third-order valence-corrected chi connectivity index (χ3v) is 5.01. The molecule has 1 heteroatoms. The fourth-order valence-electron chi connectivity index (χ4n) is 3.43. The first-order valence-corrected chi connectivity index (χ1v) is 8.53. The SMILES string of the molecule is CCC1CCC(Oc2ccc(C(CC)CC)cc2)CC1. The highest BCUT2D eigenvalue weighted by Crippen LogP contribution is 2.30. The maximum Gasteiger partial charge on any atom is 0.119 e. The minimum atomic E-state index is 0.441. The normalized spacial score (nSPS) is 23.0. The second kappa shape index (κ2) is 7.71. The molecule has 0 spiro atoms. The van der Waals surface area contributed by atoms with Gasteiger partial charge in [0.2, 0.25) is 0 Å². The maximum atomic E-state index is 6.15. The van der Waals surface area contributed by atoms with Crippen LogP contribution >= 0.6 is 0 Å². The van der Waals surface area contributed by atoms with Crippen molar-refractivity contribution in [3.8, 4) is 5.75 Å². The summed E-state index contributed by atoms with van der Waals surface area (Å²) in [6.07, 6.45) is 9.35. The van der Waals surface area contributed by atoms with E-state index in [1.807, 2.05) is 0 Å². The second-order valence-electron chi connectivity index (χ2n) is 6.25. The highest BCUT2D eigenvalue weighted by atomic mass is 16.5. The topological polar surface area (TPSA) is 9.23 Å². The van der Waals surface area contributed by atoms with Crippen molar-refractivity contribution in [2.24, 2.45) is 5.92 Å². The fourth-order valence-corrected chi connectivity index (χ4v) is 3.43. The van der Waals surface area contributed by atoms with Crippen molar-refractivity contribution >= 4 is 0 Å². The molecule has 0 N–H and O–H groups in total. The van der Waals surface area contributed by atoms with E-state index in [0.29, 0.717) is 12.0 Å². The molecule has 0 aliphatic heterocycles. The van der Waals surface area contributed by atoms with Gasteiger partial charge in [-0.1, -0.05) is 39.3 Å². The second-order valence-corrected chi connectivity index (χ2v) is 6.25. The number of hydrogen-bond donors (Lipinski definition) is 0. The highest BCUT2D eigenvalue weighted by Gasteiger charge is 2.21. The largest absolute Gasteiger partial charge is 0.490 e. The van der Waals surface area contributed by atoms with Crippen LogP contribution in [0.3, 0.4) is 0 Å². The molecule has 1 nitrogen and oxygen atoms in total. The van der Waals surface area contributed by atoms with Crippen molar-refractivity contribution in [2.75, 3.05) is 0 Å². The van der Waals surface area contributed by atoms with Gasteiger partial charge in [0.25, 0.3) is 0 Å². The van der Waals surface area contributed by atoms with Gasteiger partial charge in [-0.3, -0.25) is 0 Å². The quantitative estimate of drug-likeness (QED) is 0.624. The van der Waals surface area contributed by atoms with Gasteiger partial charge in [-0.15, -0.1) is 0 Å². The molecule has 0 amide bonds. The smallest absolute Gasteiger partial charge is 0.119 e. The van der Waals surface area contributed by atoms with Gasteiger partial charge in [-0.05, 0) is 68.1 Å². The van der Waals surface area contributed by atoms with Gasteiger partial charge in [-0.25, -0.2) is 0 Å². The number of ether oxygens (including phenoxy) is 1. The van der Waals surface area contributed by atoms with Gasteiger partial charge in [0.05, 0.1) is 6.10 Å². The van der Waals surface area contributed by atoms with Crippen LogP contribution in [0.15, 0.2) is 24.3 Å². The zero-order chi connectivity index (χ0) is 14.4. The summed E-state index contributed by atoms with van der Waals surface area (Å²) in [6, 6.07) is 8.84. The van der Waals surface area contributed by atoms with Crippen molar-refractivity contribution in [3.63, 3.8) is 0 Å². The Kier molecular flexibility index (Phi) is 5.94. The molecule has 1 aliphatic rings. The number of hydrogen-bond acceptors (Lipinski definition) is 1. The molecular weight excluding hydrogens is 244 g/mol. The van der Waals surface area contributed by atoms with Gasteiger partial charge in [0.15, 0.2) is 0 Å². The van der Waals surface area contributed by atoms with Crippen molar-refractivity contribution in [3.05, 3.63) is 29.8 Å². The van der Waals surface area contributed by atoms with Crippen LogP contribution in [-0.4, -0.2) is 6.10 Å². The van der Waals surface area contributed by atoms with Crippen LogP contribution in [0.2, 0.25) is 0 Å². The minimum absolute atomic E-state index is 0.441. The highest BCUT2D eigenvalue weighted by molar-refractivity contribution is 5.29. The average Bonchev–Trinajstić information content (AvgIpc) is 2.51. The Balaban J connectivity index is 1.88. The van der Waals surface area contributed by atoms with Crippen LogP contribution in [0.1, 0.15) is 77.2 Å². The van der Waals surface area contributed by atoms with Crippen molar-refractivity contribution < 1.29 is 4.74 Å². The molecule has 1 aliphatic carbocycles. The summed E-state index contributed by atoms with van der Waals surface area (Å²) in [4.78, 5) is 0. The molecule has 0 unspecified atom stereocenters. The van der Waals surface area contributed by atoms with Gasteiger partial charge in [-0.2, -0.15) is 0 Å². The summed E-state index contributed by atoms with van der Waals surface area (Å²) in [5, 5.41) is 0. The minimum Gasteiger partial charge on any atom is -0.490 e. The standard InChI is InChI=1S/C19H30O/c1-4-15-7-11-18(12-8-15)20-19-13-9-17(10-14-19)16(5-2)6-3/h9-10,13-16,18H,4-8,11-12H2,1-3H3. The molecular formula is C19H30O. The van der Waals surface area contributed by atoms with E-state index in [-0.39, 0.29) is 0 Å². The molecule has 2 rings (SSSR count). The fraction of sp³-hybridized carbons (Fsp3) is 0.684. The lowest BCUT2D eigenvalue weighted by Gasteiger charge is -2.28. The molecule has 0 aromatic heterocycles. The number of benzene rings is 1. The Morgan fingerprint density at radius 2 is 1.55 bits per heavy atom. The van der Waals surface area contributed by atoms with Gasteiger partial charge >= 0.3 is 0 Å². The van der Waals surface area contributed by atoms with E-state index in [1.54, 1.807) is 0 Å². The van der Waals surface area contributed by atoms with Gasteiger partial charge < -0.3 is 4.74 Å². The summed E-state index contributed by atoms with van der Waals surface area (Å²) >= 11 is 0. The van der Waals surface area contributed by atoms with E-state index < -0.39 is 0 Å². The Morgan fingerprint density at radius 1 is 0.950 bits per heavy atom. The van der Waals surface area contributed by atoms with Crippen LogP contribution in [0.25, 0.3) is 0 Å². The molecule has 1 aromatic rings. The van der Waals surface area contributed by atoms with E-state index in [1.165, 1.54) is 50.5 Å². The molecule has 112 valence electrons. The Morgan fingerprint density at radius 3 is 2.05 bits per heavy atom. The lowest BCUT2D eigenvalue weighted by Crippen LogP contribution is -2.23. The molecule has 0 saturated heterocycles. The molecule has 0 radical (unpaired) electrons. The summed E-state index contributed by atoms with van der Waals surface area (Å²) < 4.78 is 6.15. The predicted octanol–water partition coefficient (Wildman–Crippen LogP) is 5.94. The number of rotatable bonds is 6. The molecule has 0 bridgehead atoms. The summed E-state index contributed by atoms with van der Waals surface area (Å²) in [5.74, 6) is 2.69. The summed E-state index contributed by atoms with van der Waals surface area (Å²) in [7, 11) is 0. The van der Waals surface area contributed by atoms with E-state index in [4.69, 9.17) is 4.74 Å². The van der Waals surface area contributed by atoms with Crippen LogP contribution in [-0.2, 0) is 0 Å². The lowest BCUT2D eigenvalue weighted by molar-refractivity contribution is 0.130. The summed E-state index contributed by atoms with van der Waals surface area (Å²) in [6.45, 7) is 6.85. The molecule has 0 heterocycles. The van der Waals surface area contributed by atoms with Crippen molar-refractivity contribution in [1.82, 2.24) is 0 Å². The maximum absolute atomic E-state index is 6.15. The first-order chi connectivity index (χ1) is 9.76. The van der Waals surface area contributed by atoms with Gasteiger partial charge in [0.1, 0.15) is 5.75 Å². The van der Waals surface area contributed by atoms with Crippen LogP contribution in [0.4, 0.5) is 0 Å². The first-order valence-electron chi connectivity index (χ1n) is 8.53. The Bertz CT molecular complexity index is 369. The van der Waals surface area contributed by atoms with E-state index in [9.17, 15) is 0 Å². The zero-order valence-corrected chi connectivity index (χ0v) is 13.4.